The normalized spacial score (nSPS) is 16.4. The van der Waals surface area contributed by atoms with Crippen molar-refractivity contribution in [2.75, 3.05) is 18.4 Å². The fourth-order valence-electron chi connectivity index (χ4n) is 3.43. The zero-order valence-electron chi connectivity index (χ0n) is 14.1. The van der Waals surface area contributed by atoms with Crippen LogP contribution in [-0.2, 0) is 17.9 Å². The van der Waals surface area contributed by atoms with Gasteiger partial charge < -0.3 is 9.88 Å². The molecular weight excluding hydrogens is 288 g/mol. The predicted molar refractivity (Wildman–Crippen MR) is 93.5 cm³/mol. The molecule has 23 heavy (non-hydrogen) atoms. The number of carbonyl (C=O) groups is 1. The summed E-state index contributed by atoms with van der Waals surface area (Å²) in [5, 5.41) is 2.83. The Labute approximate surface area is 137 Å². The van der Waals surface area contributed by atoms with Crippen LogP contribution in [0.2, 0.25) is 0 Å². The Bertz CT molecular complexity index is 684. The van der Waals surface area contributed by atoms with Crippen molar-refractivity contribution < 1.29 is 4.79 Å². The summed E-state index contributed by atoms with van der Waals surface area (Å²) in [6.07, 6.45) is 5.28. The number of benzene rings is 1. The number of likely N-dealkylation sites (tertiary alicyclic amines) is 1. The van der Waals surface area contributed by atoms with Crippen molar-refractivity contribution in [2.24, 2.45) is 0 Å². The Kier molecular flexibility index (Phi) is 4.96. The average molecular weight is 314 g/mol. The highest BCUT2D eigenvalue weighted by Crippen LogP contribution is 2.22. The van der Waals surface area contributed by atoms with Crippen molar-refractivity contribution in [1.82, 2.24) is 14.5 Å². The highest BCUT2D eigenvalue weighted by molar-refractivity contribution is 5.91. The first-order chi connectivity index (χ1) is 11.2. The highest BCUT2D eigenvalue weighted by Gasteiger charge is 2.15. The van der Waals surface area contributed by atoms with Gasteiger partial charge in [0, 0.05) is 19.2 Å². The number of rotatable bonds is 4. The molecule has 124 valence electrons. The first kappa shape index (κ1) is 16.0. The number of anilines is 1. The summed E-state index contributed by atoms with van der Waals surface area (Å²) in [4.78, 5) is 18.6. The molecule has 5 nitrogen and oxygen atoms in total. The largest absolute Gasteiger partial charge is 0.327 e. The standard InChI is InChI=1S/C18H26N4O/c1-3-22-17-9-8-15(19-14(2)23)12-16(17)20-18(22)13-21-10-6-4-5-7-11-21/h8-9,12H,3-7,10-11,13H2,1-2H3,(H,19,23). The number of amides is 1. The van der Waals surface area contributed by atoms with Crippen molar-refractivity contribution in [3.8, 4) is 0 Å². The van der Waals surface area contributed by atoms with Crippen LogP contribution >= 0.6 is 0 Å². The molecule has 1 saturated heterocycles. The van der Waals surface area contributed by atoms with Crippen LogP contribution in [0.15, 0.2) is 18.2 Å². The van der Waals surface area contributed by atoms with Crippen molar-refractivity contribution in [1.29, 1.82) is 0 Å². The van der Waals surface area contributed by atoms with E-state index in [9.17, 15) is 4.79 Å². The van der Waals surface area contributed by atoms with Crippen LogP contribution in [0.1, 0.15) is 45.4 Å². The van der Waals surface area contributed by atoms with Gasteiger partial charge in [-0.05, 0) is 51.1 Å². The lowest BCUT2D eigenvalue weighted by molar-refractivity contribution is -0.114. The van der Waals surface area contributed by atoms with E-state index in [1.165, 1.54) is 45.7 Å². The SMILES string of the molecule is CCn1c(CN2CCCCCC2)nc2cc(NC(C)=O)ccc21. The number of nitrogens with zero attached hydrogens (tertiary/aromatic N) is 3. The average Bonchev–Trinajstić information content (AvgIpc) is 2.67. The Hall–Kier alpha value is -1.88. The second-order valence-corrected chi connectivity index (χ2v) is 6.35. The maximum atomic E-state index is 11.2. The Morgan fingerprint density at radius 1 is 1.22 bits per heavy atom. The van der Waals surface area contributed by atoms with Crippen LogP contribution in [0.3, 0.4) is 0 Å². The molecule has 3 rings (SSSR count). The number of hydrogen-bond donors (Lipinski definition) is 1. The van der Waals surface area contributed by atoms with Gasteiger partial charge >= 0.3 is 0 Å². The van der Waals surface area contributed by atoms with E-state index in [1.54, 1.807) is 0 Å². The molecule has 1 aromatic heterocycles. The van der Waals surface area contributed by atoms with Gasteiger partial charge in [0.25, 0.3) is 0 Å². The minimum atomic E-state index is -0.0518. The lowest BCUT2D eigenvalue weighted by atomic mass is 10.2. The van der Waals surface area contributed by atoms with Crippen molar-refractivity contribution >= 4 is 22.6 Å². The fraction of sp³-hybridized carbons (Fsp3) is 0.556. The van der Waals surface area contributed by atoms with E-state index in [1.807, 2.05) is 12.1 Å². The second-order valence-electron chi connectivity index (χ2n) is 6.35. The molecule has 2 heterocycles. The number of carbonyl (C=O) groups excluding carboxylic acids is 1. The number of fused-ring (bicyclic) bond motifs is 1. The monoisotopic (exact) mass is 314 g/mol. The molecule has 0 bridgehead atoms. The molecule has 0 unspecified atom stereocenters. The molecule has 0 radical (unpaired) electrons. The van der Waals surface area contributed by atoms with E-state index in [4.69, 9.17) is 4.98 Å². The number of imidazole rings is 1. The van der Waals surface area contributed by atoms with Gasteiger partial charge in [0.05, 0.1) is 17.6 Å². The van der Waals surface area contributed by atoms with Gasteiger partial charge in [-0.3, -0.25) is 9.69 Å². The van der Waals surface area contributed by atoms with Crippen molar-refractivity contribution in [2.45, 2.75) is 52.6 Å². The van der Waals surface area contributed by atoms with E-state index in [2.05, 4.69) is 27.8 Å². The summed E-state index contributed by atoms with van der Waals surface area (Å²) >= 11 is 0. The fourth-order valence-corrected chi connectivity index (χ4v) is 3.43. The Morgan fingerprint density at radius 3 is 2.61 bits per heavy atom. The molecule has 1 fully saturated rings. The third-order valence-corrected chi connectivity index (χ3v) is 4.53. The zero-order chi connectivity index (χ0) is 16.2. The van der Waals surface area contributed by atoms with Crippen LogP contribution in [0.5, 0.6) is 0 Å². The molecular formula is C18H26N4O. The minimum Gasteiger partial charge on any atom is -0.327 e. The molecule has 0 saturated carbocycles. The molecule has 1 aliphatic rings. The summed E-state index contributed by atoms with van der Waals surface area (Å²) in [6.45, 7) is 7.86. The smallest absolute Gasteiger partial charge is 0.221 e. The van der Waals surface area contributed by atoms with Gasteiger partial charge in [-0.2, -0.15) is 0 Å². The van der Waals surface area contributed by atoms with E-state index in [-0.39, 0.29) is 5.91 Å². The summed E-state index contributed by atoms with van der Waals surface area (Å²) < 4.78 is 2.29. The van der Waals surface area contributed by atoms with Crippen LogP contribution in [0.4, 0.5) is 5.69 Å². The third kappa shape index (κ3) is 3.72. The van der Waals surface area contributed by atoms with Crippen molar-refractivity contribution in [3.63, 3.8) is 0 Å². The van der Waals surface area contributed by atoms with E-state index in [0.29, 0.717) is 0 Å². The quantitative estimate of drug-likeness (QED) is 0.941. The van der Waals surface area contributed by atoms with Gasteiger partial charge in [-0.25, -0.2) is 4.98 Å². The second kappa shape index (κ2) is 7.13. The van der Waals surface area contributed by atoms with E-state index in [0.717, 1.165) is 35.6 Å². The Morgan fingerprint density at radius 2 is 1.96 bits per heavy atom. The summed E-state index contributed by atoms with van der Waals surface area (Å²) in [7, 11) is 0. The van der Waals surface area contributed by atoms with Crippen LogP contribution < -0.4 is 5.32 Å². The van der Waals surface area contributed by atoms with Gasteiger partial charge in [-0.15, -0.1) is 0 Å². The molecule has 0 atom stereocenters. The molecule has 1 aliphatic heterocycles. The third-order valence-electron chi connectivity index (χ3n) is 4.53. The van der Waals surface area contributed by atoms with Gasteiger partial charge in [0.15, 0.2) is 0 Å². The number of hydrogen-bond acceptors (Lipinski definition) is 3. The molecule has 1 aromatic carbocycles. The molecule has 1 N–H and O–H groups in total. The summed E-state index contributed by atoms with van der Waals surface area (Å²) in [5.41, 5.74) is 2.92. The first-order valence-electron chi connectivity index (χ1n) is 8.66. The first-order valence-corrected chi connectivity index (χ1v) is 8.66. The molecule has 0 aliphatic carbocycles. The maximum Gasteiger partial charge on any atom is 0.221 e. The topological polar surface area (TPSA) is 50.2 Å². The number of aryl methyl sites for hydroxylation is 1. The van der Waals surface area contributed by atoms with Gasteiger partial charge in [0.2, 0.25) is 5.91 Å². The maximum absolute atomic E-state index is 11.2. The highest BCUT2D eigenvalue weighted by atomic mass is 16.1. The van der Waals surface area contributed by atoms with Gasteiger partial charge in [-0.1, -0.05) is 12.8 Å². The van der Waals surface area contributed by atoms with Crippen LogP contribution in [-0.4, -0.2) is 33.4 Å². The molecule has 0 spiro atoms. The summed E-state index contributed by atoms with van der Waals surface area (Å²) in [5.74, 6) is 1.08. The number of aromatic nitrogens is 2. The van der Waals surface area contributed by atoms with Gasteiger partial charge in [0.1, 0.15) is 5.82 Å². The molecule has 2 aromatic rings. The minimum absolute atomic E-state index is 0.0518. The summed E-state index contributed by atoms with van der Waals surface area (Å²) in [6, 6.07) is 5.98. The van der Waals surface area contributed by atoms with Crippen LogP contribution in [0, 0.1) is 0 Å². The predicted octanol–water partition coefficient (Wildman–Crippen LogP) is 3.39. The zero-order valence-corrected chi connectivity index (χ0v) is 14.1. The molecule has 5 heteroatoms. The Balaban J connectivity index is 1.88. The lowest BCUT2D eigenvalue weighted by Crippen LogP contribution is -2.25. The van der Waals surface area contributed by atoms with E-state index < -0.39 is 0 Å². The molecule has 1 amide bonds. The van der Waals surface area contributed by atoms with Crippen molar-refractivity contribution in [3.05, 3.63) is 24.0 Å². The lowest BCUT2D eigenvalue weighted by Gasteiger charge is -2.19. The number of nitrogens with one attached hydrogen (secondary N) is 1. The van der Waals surface area contributed by atoms with E-state index >= 15 is 0 Å². The van der Waals surface area contributed by atoms with Crippen LogP contribution in [0.25, 0.3) is 11.0 Å².